The zero-order chi connectivity index (χ0) is 11.4. The number of hydrogen-bond acceptors (Lipinski definition) is 2. The third-order valence-electron chi connectivity index (χ3n) is 1.36. The molecule has 1 unspecified atom stereocenters. The second-order valence-corrected chi connectivity index (χ2v) is 3.12. The molecule has 0 bridgehead atoms. The summed E-state index contributed by atoms with van der Waals surface area (Å²) in [5.41, 5.74) is 0. The van der Waals surface area contributed by atoms with E-state index in [0.717, 1.165) is 0 Å². The molecule has 0 spiro atoms. The van der Waals surface area contributed by atoms with Crippen LogP contribution >= 0.6 is 11.6 Å². The van der Waals surface area contributed by atoms with Crippen molar-refractivity contribution in [3.05, 3.63) is 11.6 Å². The van der Waals surface area contributed by atoms with Crippen molar-refractivity contribution in [1.82, 2.24) is 5.32 Å². The average molecular weight is 232 g/mol. The molecule has 0 rings (SSSR count). The van der Waals surface area contributed by atoms with Crippen LogP contribution in [0.1, 0.15) is 0 Å². The minimum Gasteiger partial charge on any atom is -0.481 e. The summed E-state index contributed by atoms with van der Waals surface area (Å²) in [7, 11) is 0. The van der Waals surface area contributed by atoms with Crippen molar-refractivity contribution in [2.24, 2.45) is 5.92 Å². The van der Waals surface area contributed by atoms with Crippen molar-refractivity contribution < 1.29 is 23.1 Å². The topological polar surface area (TPSA) is 49.3 Å². The molecule has 0 aliphatic carbocycles. The van der Waals surface area contributed by atoms with Gasteiger partial charge in [0.15, 0.2) is 5.92 Å². The highest BCUT2D eigenvalue weighted by Crippen LogP contribution is 2.25. The predicted molar refractivity (Wildman–Crippen MR) is 45.0 cm³/mol. The zero-order valence-electron chi connectivity index (χ0n) is 7.07. The number of alkyl halides is 3. The molecule has 0 saturated carbocycles. The van der Waals surface area contributed by atoms with Gasteiger partial charge in [0.25, 0.3) is 0 Å². The minimum absolute atomic E-state index is 0.0542. The van der Waals surface area contributed by atoms with Gasteiger partial charge in [-0.3, -0.25) is 4.79 Å². The molecule has 2 N–H and O–H groups in total. The molecule has 82 valence electrons. The van der Waals surface area contributed by atoms with Crippen LogP contribution in [0.2, 0.25) is 0 Å². The van der Waals surface area contributed by atoms with E-state index in [1.807, 2.05) is 0 Å². The smallest absolute Gasteiger partial charge is 0.403 e. The average Bonchev–Trinajstić information content (AvgIpc) is 1.94. The summed E-state index contributed by atoms with van der Waals surface area (Å²) in [6.45, 7) is 2.46. The van der Waals surface area contributed by atoms with Crippen LogP contribution in [0.4, 0.5) is 13.2 Å². The number of nitrogens with one attached hydrogen (secondary N) is 1. The Balaban J connectivity index is 4.13. The summed E-state index contributed by atoms with van der Waals surface area (Å²) < 4.78 is 36.1. The van der Waals surface area contributed by atoms with Crippen LogP contribution in [0.25, 0.3) is 0 Å². The van der Waals surface area contributed by atoms with Gasteiger partial charge in [0.2, 0.25) is 0 Å². The molecule has 0 aliphatic rings. The minimum atomic E-state index is -4.76. The van der Waals surface area contributed by atoms with Gasteiger partial charge in [-0.05, 0) is 0 Å². The van der Waals surface area contributed by atoms with Crippen molar-refractivity contribution >= 4 is 17.6 Å². The quantitative estimate of drug-likeness (QED) is 0.756. The molecule has 0 amide bonds. The maximum Gasteiger partial charge on any atom is 0.403 e. The molecule has 7 heteroatoms. The lowest BCUT2D eigenvalue weighted by molar-refractivity contribution is -0.192. The van der Waals surface area contributed by atoms with Gasteiger partial charge in [-0.15, -0.1) is 0 Å². The first-order chi connectivity index (χ1) is 6.25. The Labute approximate surface area is 83.5 Å². The van der Waals surface area contributed by atoms with Gasteiger partial charge >= 0.3 is 12.1 Å². The number of carboxylic acids is 1. The molecule has 0 saturated heterocycles. The Morgan fingerprint density at radius 1 is 1.57 bits per heavy atom. The Hall–Kier alpha value is -0.750. The van der Waals surface area contributed by atoms with Crippen molar-refractivity contribution in [2.45, 2.75) is 6.18 Å². The number of rotatable bonds is 5. The summed E-state index contributed by atoms with van der Waals surface area (Å²) in [5.74, 6) is -4.33. The molecule has 0 fully saturated rings. The third-order valence-corrected chi connectivity index (χ3v) is 1.49. The Kier molecular flexibility index (Phi) is 4.93. The number of carbonyl (C=O) groups is 1. The molecule has 0 aromatic heterocycles. The second kappa shape index (κ2) is 5.21. The van der Waals surface area contributed by atoms with E-state index in [1.54, 1.807) is 0 Å². The molecule has 3 nitrogen and oxygen atoms in total. The summed E-state index contributed by atoms with van der Waals surface area (Å²) in [6, 6.07) is 0. The van der Waals surface area contributed by atoms with Crippen LogP contribution in [0.5, 0.6) is 0 Å². The van der Waals surface area contributed by atoms with E-state index in [-0.39, 0.29) is 11.6 Å². The first-order valence-corrected chi connectivity index (χ1v) is 3.96. The van der Waals surface area contributed by atoms with Crippen molar-refractivity contribution in [1.29, 1.82) is 0 Å². The molecular weight excluding hydrogens is 223 g/mol. The summed E-state index contributed by atoms with van der Waals surface area (Å²) in [6.07, 6.45) is -4.76. The van der Waals surface area contributed by atoms with Gasteiger partial charge in [0.05, 0.1) is 0 Å². The monoisotopic (exact) mass is 231 g/mol. The van der Waals surface area contributed by atoms with Crippen molar-refractivity contribution in [3.8, 4) is 0 Å². The molecule has 0 radical (unpaired) electrons. The maximum atomic E-state index is 12.0. The van der Waals surface area contributed by atoms with E-state index in [1.165, 1.54) is 0 Å². The second-order valence-electron chi connectivity index (χ2n) is 2.58. The van der Waals surface area contributed by atoms with Gasteiger partial charge in [-0.1, -0.05) is 18.2 Å². The summed E-state index contributed by atoms with van der Waals surface area (Å²) in [5, 5.41) is 10.6. The fourth-order valence-electron chi connectivity index (χ4n) is 0.695. The third kappa shape index (κ3) is 5.08. The van der Waals surface area contributed by atoms with E-state index in [9.17, 15) is 18.0 Å². The molecule has 1 atom stereocenters. The van der Waals surface area contributed by atoms with Crippen molar-refractivity contribution in [2.75, 3.05) is 13.1 Å². The van der Waals surface area contributed by atoms with Crippen LogP contribution in [-0.2, 0) is 4.79 Å². The number of halogens is 4. The Morgan fingerprint density at radius 3 is 2.36 bits per heavy atom. The lowest BCUT2D eigenvalue weighted by atomic mass is 10.1. The van der Waals surface area contributed by atoms with Gasteiger partial charge in [-0.2, -0.15) is 13.2 Å². The number of carboxylic acid groups (broad SMARTS) is 1. The van der Waals surface area contributed by atoms with Gasteiger partial charge < -0.3 is 10.4 Å². The van der Waals surface area contributed by atoms with E-state index in [2.05, 4.69) is 11.9 Å². The zero-order valence-corrected chi connectivity index (χ0v) is 7.82. The number of aliphatic carboxylic acids is 1. The van der Waals surface area contributed by atoms with E-state index >= 15 is 0 Å². The maximum absolute atomic E-state index is 12.0. The van der Waals surface area contributed by atoms with Gasteiger partial charge in [0.1, 0.15) is 0 Å². The Morgan fingerprint density at radius 2 is 2.07 bits per heavy atom. The largest absolute Gasteiger partial charge is 0.481 e. The highest BCUT2D eigenvalue weighted by atomic mass is 35.5. The molecule has 0 aromatic rings. The molecule has 0 heterocycles. The van der Waals surface area contributed by atoms with Crippen LogP contribution < -0.4 is 5.32 Å². The molecule has 0 aliphatic heterocycles. The van der Waals surface area contributed by atoms with Crippen LogP contribution in [0.15, 0.2) is 11.6 Å². The van der Waals surface area contributed by atoms with E-state index in [4.69, 9.17) is 16.7 Å². The first-order valence-electron chi connectivity index (χ1n) is 3.58. The fraction of sp³-hybridized carbons (Fsp3) is 0.571. The SMILES string of the molecule is C=C(Cl)CNCC(C(=O)O)C(F)(F)F. The van der Waals surface area contributed by atoms with E-state index in [0.29, 0.717) is 0 Å². The number of hydrogen-bond donors (Lipinski definition) is 2. The first kappa shape index (κ1) is 13.2. The Bertz CT molecular complexity index is 229. The van der Waals surface area contributed by atoms with Crippen molar-refractivity contribution in [3.63, 3.8) is 0 Å². The van der Waals surface area contributed by atoms with Gasteiger partial charge in [0, 0.05) is 18.1 Å². The summed E-state index contributed by atoms with van der Waals surface area (Å²) in [4.78, 5) is 10.2. The molecular formula is C7H9ClF3NO2. The van der Waals surface area contributed by atoms with Gasteiger partial charge in [-0.25, -0.2) is 0 Å². The summed E-state index contributed by atoms with van der Waals surface area (Å²) >= 11 is 5.27. The predicted octanol–water partition coefficient (Wildman–Crippen LogP) is 1.59. The lowest BCUT2D eigenvalue weighted by Crippen LogP contribution is -2.39. The van der Waals surface area contributed by atoms with E-state index < -0.39 is 24.6 Å². The fourth-order valence-corrected chi connectivity index (χ4v) is 0.790. The van der Waals surface area contributed by atoms with Crippen LogP contribution in [0, 0.1) is 5.92 Å². The lowest BCUT2D eigenvalue weighted by Gasteiger charge is -2.16. The van der Waals surface area contributed by atoms with Crippen LogP contribution in [0.3, 0.4) is 0 Å². The normalized spacial score (nSPS) is 13.7. The highest BCUT2D eigenvalue weighted by Gasteiger charge is 2.44. The molecule has 14 heavy (non-hydrogen) atoms. The molecule has 0 aromatic carbocycles. The van der Waals surface area contributed by atoms with Crippen LogP contribution in [-0.4, -0.2) is 30.3 Å². The standard InChI is InChI=1S/C7H9ClF3NO2/c1-4(8)2-12-3-5(6(13)14)7(9,10)11/h5,12H,1-3H2,(H,13,14). The highest BCUT2D eigenvalue weighted by molar-refractivity contribution is 6.29.